The molecule has 0 saturated carbocycles. The Bertz CT molecular complexity index is 788. The smallest absolute Gasteiger partial charge is 0.311 e. The quantitative estimate of drug-likeness (QED) is 0.725. The van der Waals surface area contributed by atoms with Crippen LogP contribution in [0, 0.1) is 5.92 Å². The SMILES string of the molecule is O=C(COC(=O)[C@H]1CC(=O)N(Cc2ccco2)C1)Nc1ccc(Br)cc1. The third-order valence-corrected chi connectivity index (χ3v) is 4.48. The van der Waals surface area contributed by atoms with E-state index in [-0.39, 0.29) is 18.9 Å². The predicted octanol–water partition coefficient (Wildman–Crippen LogP) is 2.57. The van der Waals surface area contributed by atoms with Gasteiger partial charge in [0.1, 0.15) is 5.76 Å². The molecule has 0 unspecified atom stereocenters. The standard InChI is InChI=1S/C18H17BrN2O5/c19-13-3-5-14(6-4-13)20-16(22)11-26-18(24)12-8-17(23)21(9-12)10-15-2-1-7-25-15/h1-7,12H,8-11H2,(H,20,22)/t12-/m0/s1. The van der Waals surface area contributed by atoms with Crippen LogP contribution in [0.25, 0.3) is 0 Å². The molecule has 1 fully saturated rings. The first-order valence-electron chi connectivity index (χ1n) is 8.03. The number of amides is 2. The molecule has 2 heterocycles. The molecule has 7 nitrogen and oxygen atoms in total. The number of ether oxygens (including phenoxy) is 1. The molecular formula is C18H17BrN2O5. The highest BCUT2D eigenvalue weighted by atomic mass is 79.9. The maximum Gasteiger partial charge on any atom is 0.311 e. The van der Waals surface area contributed by atoms with Crippen LogP contribution in [0.3, 0.4) is 0 Å². The summed E-state index contributed by atoms with van der Waals surface area (Å²) in [5.41, 5.74) is 0.606. The molecule has 1 aromatic carbocycles. The Labute approximate surface area is 158 Å². The molecule has 1 aliphatic heterocycles. The van der Waals surface area contributed by atoms with Gasteiger partial charge in [-0.25, -0.2) is 0 Å². The maximum atomic E-state index is 12.1. The van der Waals surface area contributed by atoms with Gasteiger partial charge in [0.25, 0.3) is 5.91 Å². The average Bonchev–Trinajstić information content (AvgIpc) is 3.25. The van der Waals surface area contributed by atoms with Crippen LogP contribution in [0.4, 0.5) is 5.69 Å². The van der Waals surface area contributed by atoms with Crippen molar-refractivity contribution in [2.45, 2.75) is 13.0 Å². The molecule has 3 rings (SSSR count). The van der Waals surface area contributed by atoms with Crippen LogP contribution in [-0.4, -0.2) is 35.8 Å². The van der Waals surface area contributed by atoms with Gasteiger partial charge in [0.05, 0.1) is 18.7 Å². The van der Waals surface area contributed by atoms with E-state index >= 15 is 0 Å². The molecule has 2 aromatic rings. The molecule has 0 spiro atoms. The van der Waals surface area contributed by atoms with Crippen molar-refractivity contribution in [3.8, 4) is 0 Å². The maximum absolute atomic E-state index is 12.1. The van der Waals surface area contributed by atoms with Crippen LogP contribution in [-0.2, 0) is 25.7 Å². The highest BCUT2D eigenvalue weighted by Crippen LogP contribution is 2.21. The van der Waals surface area contributed by atoms with Crippen LogP contribution >= 0.6 is 15.9 Å². The summed E-state index contributed by atoms with van der Waals surface area (Å²) in [6.07, 6.45) is 1.61. The second kappa shape index (κ2) is 8.18. The zero-order valence-corrected chi connectivity index (χ0v) is 15.4. The third kappa shape index (κ3) is 4.72. The monoisotopic (exact) mass is 420 g/mol. The van der Waals surface area contributed by atoms with Crippen molar-refractivity contribution in [2.24, 2.45) is 5.92 Å². The minimum Gasteiger partial charge on any atom is -0.467 e. The molecule has 1 N–H and O–H groups in total. The summed E-state index contributed by atoms with van der Waals surface area (Å²) < 4.78 is 11.2. The van der Waals surface area contributed by atoms with Crippen LogP contribution in [0.15, 0.2) is 51.6 Å². The van der Waals surface area contributed by atoms with Crippen molar-refractivity contribution in [1.29, 1.82) is 0 Å². The zero-order valence-electron chi connectivity index (χ0n) is 13.8. The number of nitrogens with zero attached hydrogens (tertiary/aromatic N) is 1. The minimum absolute atomic E-state index is 0.0773. The molecule has 1 aromatic heterocycles. The van der Waals surface area contributed by atoms with Crippen LogP contribution in [0.5, 0.6) is 0 Å². The fourth-order valence-electron chi connectivity index (χ4n) is 2.66. The molecule has 26 heavy (non-hydrogen) atoms. The van der Waals surface area contributed by atoms with E-state index in [1.807, 2.05) is 0 Å². The van der Waals surface area contributed by atoms with Gasteiger partial charge < -0.3 is 19.4 Å². The Hall–Kier alpha value is -2.61. The molecule has 0 bridgehead atoms. The summed E-state index contributed by atoms with van der Waals surface area (Å²) in [6, 6.07) is 10.5. The van der Waals surface area contributed by atoms with E-state index in [4.69, 9.17) is 9.15 Å². The minimum atomic E-state index is -0.571. The Morgan fingerprint density at radius 2 is 2.04 bits per heavy atom. The van der Waals surface area contributed by atoms with Crippen LogP contribution in [0.2, 0.25) is 0 Å². The lowest BCUT2D eigenvalue weighted by atomic mass is 10.1. The fourth-order valence-corrected chi connectivity index (χ4v) is 2.92. The van der Waals surface area contributed by atoms with Gasteiger partial charge in [0.2, 0.25) is 5.91 Å². The Morgan fingerprint density at radius 3 is 2.73 bits per heavy atom. The molecule has 8 heteroatoms. The topological polar surface area (TPSA) is 88.9 Å². The summed E-state index contributed by atoms with van der Waals surface area (Å²) in [7, 11) is 0. The van der Waals surface area contributed by atoms with Gasteiger partial charge in [-0.15, -0.1) is 0 Å². The van der Waals surface area contributed by atoms with Gasteiger partial charge in [0.15, 0.2) is 6.61 Å². The van der Waals surface area contributed by atoms with Crippen molar-refractivity contribution in [2.75, 3.05) is 18.5 Å². The van der Waals surface area contributed by atoms with Gasteiger partial charge in [-0.3, -0.25) is 14.4 Å². The fraction of sp³-hybridized carbons (Fsp3) is 0.278. The van der Waals surface area contributed by atoms with E-state index in [2.05, 4.69) is 21.2 Å². The van der Waals surface area contributed by atoms with E-state index in [0.29, 0.717) is 18.0 Å². The van der Waals surface area contributed by atoms with Gasteiger partial charge in [-0.05, 0) is 36.4 Å². The summed E-state index contributed by atoms with van der Waals surface area (Å²) in [5, 5.41) is 2.64. The molecule has 0 aliphatic carbocycles. The summed E-state index contributed by atoms with van der Waals surface area (Å²) in [5.74, 6) is -1.04. The number of anilines is 1. The lowest BCUT2D eigenvalue weighted by Gasteiger charge is -2.14. The van der Waals surface area contributed by atoms with E-state index in [0.717, 1.165) is 4.47 Å². The number of furan rings is 1. The number of likely N-dealkylation sites (tertiary alicyclic amines) is 1. The number of esters is 1. The van der Waals surface area contributed by atoms with Crippen LogP contribution < -0.4 is 5.32 Å². The first-order chi connectivity index (χ1) is 12.5. The first kappa shape index (κ1) is 18.2. The largest absolute Gasteiger partial charge is 0.467 e. The van der Waals surface area contributed by atoms with Crippen LogP contribution in [0.1, 0.15) is 12.2 Å². The normalized spacial score (nSPS) is 16.6. The molecular weight excluding hydrogens is 404 g/mol. The first-order valence-corrected chi connectivity index (χ1v) is 8.83. The second-order valence-corrected chi connectivity index (χ2v) is 6.83. The lowest BCUT2D eigenvalue weighted by molar-refractivity contribution is -0.151. The number of hydrogen-bond donors (Lipinski definition) is 1. The van der Waals surface area contributed by atoms with Gasteiger partial charge in [-0.2, -0.15) is 0 Å². The third-order valence-electron chi connectivity index (χ3n) is 3.95. The van der Waals surface area contributed by atoms with Crippen molar-refractivity contribution in [3.63, 3.8) is 0 Å². The summed E-state index contributed by atoms with van der Waals surface area (Å²) in [6.45, 7) is 0.185. The average molecular weight is 421 g/mol. The molecule has 1 saturated heterocycles. The van der Waals surface area contributed by atoms with Crippen molar-refractivity contribution < 1.29 is 23.5 Å². The summed E-state index contributed by atoms with van der Waals surface area (Å²) in [4.78, 5) is 37.6. The molecule has 0 radical (unpaired) electrons. The van der Waals surface area contributed by atoms with Gasteiger partial charge in [-0.1, -0.05) is 15.9 Å². The molecule has 136 valence electrons. The number of carbonyl (C=O) groups is 3. The highest BCUT2D eigenvalue weighted by Gasteiger charge is 2.35. The highest BCUT2D eigenvalue weighted by molar-refractivity contribution is 9.10. The second-order valence-electron chi connectivity index (χ2n) is 5.92. The van der Waals surface area contributed by atoms with E-state index in [1.165, 1.54) is 6.26 Å². The van der Waals surface area contributed by atoms with E-state index in [9.17, 15) is 14.4 Å². The molecule has 2 amide bonds. The zero-order chi connectivity index (χ0) is 18.5. The summed E-state index contributed by atoms with van der Waals surface area (Å²) >= 11 is 3.31. The van der Waals surface area contributed by atoms with E-state index < -0.39 is 24.4 Å². The van der Waals surface area contributed by atoms with Gasteiger partial charge in [0, 0.05) is 23.1 Å². The number of nitrogens with one attached hydrogen (secondary N) is 1. The van der Waals surface area contributed by atoms with Crippen molar-refractivity contribution >= 4 is 39.4 Å². The van der Waals surface area contributed by atoms with E-state index in [1.54, 1.807) is 41.3 Å². The lowest BCUT2D eigenvalue weighted by Crippen LogP contribution is -2.28. The Kier molecular flexibility index (Phi) is 5.72. The van der Waals surface area contributed by atoms with Gasteiger partial charge >= 0.3 is 5.97 Å². The number of hydrogen-bond acceptors (Lipinski definition) is 5. The number of carbonyl (C=O) groups excluding carboxylic acids is 3. The molecule has 1 atom stereocenters. The predicted molar refractivity (Wildman–Crippen MR) is 96.0 cm³/mol. The molecule has 1 aliphatic rings. The number of halogens is 1. The number of benzene rings is 1. The van der Waals surface area contributed by atoms with Crippen molar-refractivity contribution in [1.82, 2.24) is 4.90 Å². The number of rotatable bonds is 6. The van der Waals surface area contributed by atoms with Crippen molar-refractivity contribution in [3.05, 3.63) is 52.9 Å². The Balaban J connectivity index is 1.45. The Morgan fingerprint density at radius 1 is 1.27 bits per heavy atom.